The van der Waals surface area contributed by atoms with E-state index in [9.17, 15) is 14.0 Å². The highest BCUT2D eigenvalue weighted by Gasteiger charge is 2.33. The number of methoxy groups -OCH3 is 1. The van der Waals surface area contributed by atoms with Crippen molar-refractivity contribution in [3.8, 4) is 0 Å². The lowest BCUT2D eigenvalue weighted by molar-refractivity contribution is -0.139. The van der Waals surface area contributed by atoms with Gasteiger partial charge in [-0.2, -0.15) is 0 Å². The van der Waals surface area contributed by atoms with Crippen LogP contribution in [0.5, 0.6) is 0 Å². The number of benzene rings is 2. The number of hydrogen-bond donors (Lipinski definition) is 1. The van der Waals surface area contributed by atoms with Crippen LogP contribution in [0.3, 0.4) is 0 Å². The number of carbonyl (C=O) groups excluding carboxylic acids is 2. The van der Waals surface area contributed by atoms with Crippen molar-refractivity contribution >= 4 is 17.5 Å². The molecule has 7 heteroatoms. The first-order valence-corrected chi connectivity index (χ1v) is 9.20. The van der Waals surface area contributed by atoms with E-state index < -0.39 is 6.04 Å². The molecule has 0 bridgehead atoms. The van der Waals surface area contributed by atoms with Gasteiger partial charge in [-0.15, -0.1) is 0 Å². The van der Waals surface area contributed by atoms with E-state index >= 15 is 0 Å². The van der Waals surface area contributed by atoms with Gasteiger partial charge in [0.2, 0.25) is 11.8 Å². The molecule has 0 aliphatic carbocycles. The number of anilines is 1. The molecule has 1 aliphatic heterocycles. The Balaban J connectivity index is 1.77. The molecule has 28 heavy (non-hydrogen) atoms. The molecule has 0 unspecified atom stereocenters. The molecule has 6 nitrogen and oxygen atoms in total. The van der Waals surface area contributed by atoms with Gasteiger partial charge in [-0.05, 0) is 29.8 Å². The third-order valence-electron chi connectivity index (χ3n) is 4.75. The molecule has 1 saturated heterocycles. The maximum Gasteiger partial charge on any atom is 0.246 e. The zero-order chi connectivity index (χ0) is 19.9. The van der Waals surface area contributed by atoms with Gasteiger partial charge in [0.25, 0.3) is 0 Å². The summed E-state index contributed by atoms with van der Waals surface area (Å²) in [5.74, 6) is -0.648. The Morgan fingerprint density at radius 2 is 1.86 bits per heavy atom. The van der Waals surface area contributed by atoms with Crippen LogP contribution in [-0.4, -0.2) is 61.5 Å². The van der Waals surface area contributed by atoms with E-state index in [4.69, 9.17) is 4.74 Å². The van der Waals surface area contributed by atoms with Crippen molar-refractivity contribution in [2.75, 3.05) is 45.2 Å². The van der Waals surface area contributed by atoms with E-state index in [-0.39, 0.29) is 24.2 Å². The fourth-order valence-electron chi connectivity index (χ4n) is 3.29. The van der Waals surface area contributed by atoms with Crippen molar-refractivity contribution in [3.63, 3.8) is 0 Å². The fourth-order valence-corrected chi connectivity index (χ4v) is 3.29. The largest absolute Gasteiger partial charge is 0.383 e. The zero-order valence-electron chi connectivity index (χ0n) is 15.8. The van der Waals surface area contributed by atoms with E-state index in [2.05, 4.69) is 5.32 Å². The number of hydrogen-bond acceptors (Lipinski definition) is 4. The van der Waals surface area contributed by atoms with Gasteiger partial charge in [0.15, 0.2) is 0 Å². The number of carbonyl (C=O) groups is 2. The van der Waals surface area contributed by atoms with E-state index in [0.717, 1.165) is 5.56 Å². The van der Waals surface area contributed by atoms with Crippen LogP contribution < -0.4 is 5.32 Å². The molecule has 0 spiro atoms. The maximum atomic E-state index is 13.1. The minimum atomic E-state index is -0.611. The molecule has 0 saturated carbocycles. The van der Waals surface area contributed by atoms with Crippen molar-refractivity contribution in [2.24, 2.45) is 0 Å². The van der Waals surface area contributed by atoms with Gasteiger partial charge in [-0.1, -0.05) is 30.3 Å². The molecule has 0 aromatic heterocycles. The molecular formula is C21H24FN3O3. The Morgan fingerprint density at radius 3 is 2.50 bits per heavy atom. The smallest absolute Gasteiger partial charge is 0.246 e. The van der Waals surface area contributed by atoms with E-state index in [1.165, 1.54) is 24.3 Å². The van der Waals surface area contributed by atoms with Crippen LogP contribution in [-0.2, 0) is 14.3 Å². The van der Waals surface area contributed by atoms with E-state index in [1.807, 2.05) is 35.2 Å². The molecule has 1 aliphatic rings. The quantitative estimate of drug-likeness (QED) is 0.795. The molecule has 1 atom stereocenters. The van der Waals surface area contributed by atoms with Gasteiger partial charge < -0.3 is 15.0 Å². The van der Waals surface area contributed by atoms with Gasteiger partial charge >= 0.3 is 0 Å². The lowest BCUT2D eigenvalue weighted by Gasteiger charge is -2.38. The van der Waals surface area contributed by atoms with Crippen molar-refractivity contribution in [2.45, 2.75) is 6.04 Å². The number of piperazine rings is 1. The Labute approximate surface area is 163 Å². The number of nitrogens with one attached hydrogen (secondary N) is 1. The van der Waals surface area contributed by atoms with Crippen LogP contribution in [0.25, 0.3) is 0 Å². The first-order valence-electron chi connectivity index (χ1n) is 9.20. The standard InChI is InChI=1S/C21H24FN3O3/c1-28-14-13-24-11-12-25(15-19(24)26)20(16-5-3-2-4-6-16)21(27)23-18-9-7-17(22)8-10-18/h2-10,20H,11-15H2,1H3,(H,23,27)/t20-/m0/s1. The third-order valence-corrected chi connectivity index (χ3v) is 4.75. The van der Waals surface area contributed by atoms with Gasteiger partial charge in [-0.25, -0.2) is 4.39 Å². The van der Waals surface area contributed by atoms with Gasteiger partial charge in [0, 0.05) is 32.4 Å². The number of amides is 2. The molecule has 3 rings (SSSR count). The maximum absolute atomic E-state index is 13.1. The lowest BCUT2D eigenvalue weighted by Crippen LogP contribution is -2.53. The molecule has 0 radical (unpaired) electrons. The Kier molecular flexibility index (Phi) is 6.73. The highest BCUT2D eigenvalue weighted by molar-refractivity contribution is 5.96. The normalized spacial score (nSPS) is 16.1. The molecule has 148 valence electrons. The minimum absolute atomic E-state index is 0.0289. The Hall–Kier alpha value is -2.77. The Bertz CT molecular complexity index is 798. The second-order valence-electron chi connectivity index (χ2n) is 6.65. The second-order valence-corrected chi connectivity index (χ2v) is 6.65. The summed E-state index contributed by atoms with van der Waals surface area (Å²) in [6.45, 7) is 2.29. The van der Waals surface area contributed by atoms with Crippen LogP contribution in [0.1, 0.15) is 11.6 Å². The molecule has 2 amide bonds. The highest BCUT2D eigenvalue weighted by atomic mass is 19.1. The topological polar surface area (TPSA) is 61.9 Å². The second kappa shape index (κ2) is 9.43. The van der Waals surface area contributed by atoms with Crippen molar-refractivity contribution in [1.29, 1.82) is 0 Å². The fraction of sp³-hybridized carbons (Fsp3) is 0.333. The Morgan fingerprint density at radius 1 is 1.14 bits per heavy atom. The van der Waals surface area contributed by atoms with Crippen LogP contribution in [0, 0.1) is 5.82 Å². The predicted octanol–water partition coefficient (Wildman–Crippen LogP) is 2.30. The first-order chi connectivity index (χ1) is 13.6. The summed E-state index contributed by atoms with van der Waals surface area (Å²) in [6.07, 6.45) is 0. The summed E-state index contributed by atoms with van der Waals surface area (Å²) in [5, 5.41) is 2.83. The summed E-state index contributed by atoms with van der Waals surface area (Å²) >= 11 is 0. The molecule has 1 heterocycles. The summed E-state index contributed by atoms with van der Waals surface area (Å²) in [7, 11) is 1.60. The third kappa shape index (κ3) is 4.94. The van der Waals surface area contributed by atoms with Crippen LogP contribution >= 0.6 is 0 Å². The van der Waals surface area contributed by atoms with Gasteiger partial charge in [0.05, 0.1) is 13.2 Å². The van der Waals surface area contributed by atoms with Gasteiger partial charge in [0.1, 0.15) is 11.9 Å². The summed E-state index contributed by atoms with van der Waals surface area (Å²) in [6, 6.07) is 14.4. The molecular weight excluding hydrogens is 361 g/mol. The van der Waals surface area contributed by atoms with Gasteiger partial charge in [-0.3, -0.25) is 14.5 Å². The minimum Gasteiger partial charge on any atom is -0.383 e. The predicted molar refractivity (Wildman–Crippen MR) is 104 cm³/mol. The number of ether oxygens (including phenoxy) is 1. The van der Waals surface area contributed by atoms with Crippen LogP contribution in [0.4, 0.5) is 10.1 Å². The number of halogens is 1. The van der Waals surface area contributed by atoms with Crippen molar-refractivity contribution in [1.82, 2.24) is 9.80 Å². The molecule has 1 N–H and O–H groups in total. The molecule has 2 aromatic carbocycles. The van der Waals surface area contributed by atoms with Crippen molar-refractivity contribution < 1.29 is 18.7 Å². The average molecular weight is 385 g/mol. The highest BCUT2D eigenvalue weighted by Crippen LogP contribution is 2.24. The SMILES string of the molecule is COCCN1CCN([C@H](C(=O)Nc2ccc(F)cc2)c2ccccc2)CC1=O. The average Bonchev–Trinajstić information content (AvgIpc) is 2.70. The van der Waals surface area contributed by atoms with E-state index in [0.29, 0.717) is 31.9 Å². The van der Waals surface area contributed by atoms with Crippen molar-refractivity contribution in [3.05, 3.63) is 66.0 Å². The first kappa shape index (κ1) is 20.0. The van der Waals surface area contributed by atoms with Crippen LogP contribution in [0.15, 0.2) is 54.6 Å². The van der Waals surface area contributed by atoms with E-state index in [1.54, 1.807) is 12.0 Å². The number of rotatable bonds is 7. The molecule has 1 fully saturated rings. The summed E-state index contributed by atoms with van der Waals surface area (Å²) < 4.78 is 18.2. The summed E-state index contributed by atoms with van der Waals surface area (Å²) in [4.78, 5) is 29.2. The zero-order valence-corrected chi connectivity index (χ0v) is 15.8. The number of nitrogens with zero attached hydrogens (tertiary/aromatic N) is 2. The monoisotopic (exact) mass is 385 g/mol. The summed E-state index contributed by atoms with van der Waals surface area (Å²) in [5.41, 5.74) is 1.32. The van der Waals surface area contributed by atoms with Crippen LogP contribution in [0.2, 0.25) is 0 Å². The molecule has 2 aromatic rings. The lowest BCUT2D eigenvalue weighted by atomic mass is 10.0.